The van der Waals surface area contributed by atoms with E-state index in [1.165, 1.54) is 44.1 Å². The fourth-order valence-corrected chi connectivity index (χ4v) is 8.09. The predicted octanol–water partition coefficient (Wildman–Crippen LogP) is 5.91. The van der Waals surface area contributed by atoms with E-state index >= 15 is 0 Å². The van der Waals surface area contributed by atoms with Crippen molar-refractivity contribution in [3.05, 3.63) is 29.8 Å². The zero-order valence-corrected chi connectivity index (χ0v) is 20.8. The molecule has 1 aromatic rings. The summed E-state index contributed by atoms with van der Waals surface area (Å²) in [6.07, 6.45) is 8.23. The topological polar surface area (TPSA) is 35.9 Å². The fourth-order valence-electron chi connectivity index (χ4n) is 6.84. The summed E-state index contributed by atoms with van der Waals surface area (Å²) in [6.45, 7) is 6.09. The fraction of sp³-hybridized carbons (Fsp3) is 0.680. The van der Waals surface area contributed by atoms with Crippen LogP contribution in [0.4, 0.5) is 5.69 Å². The van der Waals surface area contributed by atoms with Crippen molar-refractivity contribution in [3.63, 3.8) is 0 Å². The van der Waals surface area contributed by atoms with Gasteiger partial charge in [-0.05, 0) is 79.9 Å². The molecule has 1 aliphatic heterocycles. The highest BCUT2D eigenvalue weighted by Crippen LogP contribution is 2.57. The van der Waals surface area contributed by atoms with Crippen LogP contribution >= 0.6 is 24.2 Å². The van der Waals surface area contributed by atoms with E-state index < -0.39 is 0 Å². The molecule has 31 heavy (non-hydrogen) atoms. The number of hydrogen-bond donors (Lipinski definition) is 0. The molecule has 5 fully saturated rings. The highest BCUT2D eigenvalue weighted by Gasteiger charge is 2.51. The van der Waals surface area contributed by atoms with E-state index in [0.717, 1.165) is 34.4 Å². The number of anilines is 1. The number of hydrogen-bond acceptors (Lipinski definition) is 3. The normalized spacial score (nSPS) is 35.0. The lowest BCUT2D eigenvalue weighted by molar-refractivity contribution is -0.117. The number of benzene rings is 1. The van der Waals surface area contributed by atoms with Crippen LogP contribution in [0.5, 0.6) is 0 Å². The van der Waals surface area contributed by atoms with Gasteiger partial charge in [0.15, 0.2) is 5.17 Å². The number of thioether (sulfide) groups is 1. The van der Waals surface area contributed by atoms with E-state index in [1.807, 2.05) is 16.7 Å². The van der Waals surface area contributed by atoms with Crippen molar-refractivity contribution >= 4 is 40.9 Å². The lowest BCUT2D eigenvalue weighted by Crippen LogP contribution is -2.51. The number of amides is 1. The lowest BCUT2D eigenvalue weighted by Gasteiger charge is -2.55. The first-order chi connectivity index (χ1) is 14.3. The molecule has 6 heteroatoms. The zero-order valence-electron chi connectivity index (χ0n) is 19.2. The van der Waals surface area contributed by atoms with E-state index in [1.54, 1.807) is 6.92 Å². The molecule has 1 aromatic carbocycles. The van der Waals surface area contributed by atoms with E-state index in [-0.39, 0.29) is 30.0 Å². The van der Waals surface area contributed by atoms with Crippen molar-refractivity contribution in [2.24, 2.45) is 22.7 Å². The van der Waals surface area contributed by atoms with E-state index in [4.69, 9.17) is 4.99 Å². The van der Waals surface area contributed by atoms with Gasteiger partial charge in [0.1, 0.15) is 6.17 Å². The van der Waals surface area contributed by atoms with Crippen LogP contribution in [0.1, 0.15) is 70.8 Å². The maximum atomic E-state index is 12.7. The van der Waals surface area contributed by atoms with Crippen LogP contribution in [0.25, 0.3) is 0 Å². The number of amidine groups is 1. The van der Waals surface area contributed by atoms with E-state index in [2.05, 4.69) is 50.1 Å². The Kier molecular flexibility index (Phi) is 6.39. The quantitative estimate of drug-likeness (QED) is 0.558. The summed E-state index contributed by atoms with van der Waals surface area (Å²) in [4.78, 5) is 22.3. The Labute approximate surface area is 197 Å². The molecule has 1 heterocycles. The molecule has 4 aliphatic carbocycles. The molecule has 1 saturated heterocycles. The van der Waals surface area contributed by atoms with Crippen LogP contribution in [0.3, 0.4) is 0 Å². The standard InChI is InChI=1S/C25H35N3OS.ClH/c1-16(2)21-5-7-22(8-6-21)28(17(3)29)23-15-30-24(27(23)4)26-25-12-18-9-19(13-25)11-20(10-18)14-25;/h5-8,16,18-20,23H,9-15H2,1-4H3;1H. The smallest absolute Gasteiger partial charge is 0.225 e. The number of aliphatic imine (C=N–C) groups is 1. The molecule has 1 amide bonds. The second-order valence-electron chi connectivity index (χ2n) is 10.6. The van der Waals surface area contributed by atoms with Crippen LogP contribution in [-0.4, -0.2) is 40.5 Å². The Hall–Kier alpha value is -1.20. The van der Waals surface area contributed by atoms with Gasteiger partial charge in [0.2, 0.25) is 5.91 Å². The van der Waals surface area contributed by atoms with Crippen LogP contribution in [0.15, 0.2) is 29.3 Å². The van der Waals surface area contributed by atoms with Crippen molar-refractivity contribution in [2.75, 3.05) is 17.7 Å². The number of rotatable bonds is 4. The molecule has 4 saturated carbocycles. The summed E-state index contributed by atoms with van der Waals surface area (Å²) < 4.78 is 0. The average Bonchev–Trinajstić information content (AvgIpc) is 3.01. The van der Waals surface area contributed by atoms with Crippen LogP contribution in [-0.2, 0) is 4.79 Å². The van der Waals surface area contributed by atoms with Crippen molar-refractivity contribution < 1.29 is 4.79 Å². The second-order valence-corrected chi connectivity index (χ2v) is 11.6. The van der Waals surface area contributed by atoms with Crippen LogP contribution < -0.4 is 4.90 Å². The van der Waals surface area contributed by atoms with Crippen molar-refractivity contribution in [3.8, 4) is 0 Å². The molecule has 0 spiro atoms. The van der Waals surface area contributed by atoms with Gasteiger partial charge in [0.25, 0.3) is 0 Å². The Bertz CT molecular complexity index is 818. The van der Waals surface area contributed by atoms with Crippen LogP contribution in [0.2, 0.25) is 0 Å². The maximum Gasteiger partial charge on any atom is 0.225 e. The Morgan fingerprint density at radius 1 is 1.10 bits per heavy atom. The number of halogens is 1. The van der Waals surface area contributed by atoms with Crippen LogP contribution in [0, 0.1) is 17.8 Å². The predicted molar refractivity (Wildman–Crippen MR) is 133 cm³/mol. The molecule has 0 N–H and O–H groups in total. The second kappa shape index (κ2) is 8.62. The maximum absolute atomic E-state index is 12.7. The lowest BCUT2D eigenvalue weighted by atomic mass is 9.53. The van der Waals surface area contributed by atoms with Gasteiger partial charge in [0, 0.05) is 25.4 Å². The Morgan fingerprint density at radius 2 is 1.65 bits per heavy atom. The van der Waals surface area contributed by atoms with Crippen molar-refractivity contribution in [2.45, 2.75) is 76.9 Å². The minimum Gasteiger partial charge on any atom is -0.333 e. The summed E-state index contributed by atoms with van der Waals surface area (Å²) in [7, 11) is 2.13. The molecule has 1 unspecified atom stereocenters. The minimum atomic E-state index is 0. The van der Waals surface area contributed by atoms with Gasteiger partial charge >= 0.3 is 0 Å². The molecule has 0 radical (unpaired) electrons. The first-order valence-corrected chi connectivity index (χ1v) is 12.7. The third kappa shape index (κ3) is 4.25. The molecule has 0 aromatic heterocycles. The highest BCUT2D eigenvalue weighted by molar-refractivity contribution is 8.14. The van der Waals surface area contributed by atoms with E-state index in [9.17, 15) is 4.79 Å². The molecular weight excluding hydrogens is 426 g/mol. The SMILES string of the molecule is CC(=O)N(c1ccc(C(C)C)cc1)C1CSC(=NC23CC4CC(CC(C4)C2)C3)N1C.Cl. The third-order valence-corrected chi connectivity index (χ3v) is 9.03. The van der Waals surface area contributed by atoms with Gasteiger partial charge in [-0.15, -0.1) is 12.4 Å². The number of carbonyl (C=O) groups is 1. The van der Waals surface area contributed by atoms with Gasteiger partial charge in [-0.25, -0.2) is 0 Å². The molecule has 4 nitrogen and oxygen atoms in total. The first kappa shape index (κ1) is 23.0. The zero-order chi connectivity index (χ0) is 21.0. The molecule has 1 atom stereocenters. The van der Waals surface area contributed by atoms with Gasteiger partial charge in [-0.2, -0.15) is 0 Å². The number of nitrogens with zero attached hydrogens (tertiary/aromatic N) is 3. The Balaban J connectivity index is 0.00000231. The summed E-state index contributed by atoms with van der Waals surface area (Å²) in [6, 6.07) is 8.51. The third-order valence-electron chi connectivity index (χ3n) is 7.92. The summed E-state index contributed by atoms with van der Waals surface area (Å²) in [5.74, 6) is 4.19. The summed E-state index contributed by atoms with van der Waals surface area (Å²) >= 11 is 1.84. The first-order valence-electron chi connectivity index (χ1n) is 11.7. The minimum absolute atomic E-state index is 0. The van der Waals surface area contributed by atoms with Gasteiger partial charge in [0.05, 0.1) is 5.54 Å². The summed E-state index contributed by atoms with van der Waals surface area (Å²) in [5.41, 5.74) is 2.47. The molecular formula is C25H36ClN3OS. The molecule has 4 bridgehead atoms. The monoisotopic (exact) mass is 461 g/mol. The van der Waals surface area contributed by atoms with Gasteiger partial charge in [-0.1, -0.05) is 37.7 Å². The molecule has 5 aliphatic rings. The van der Waals surface area contributed by atoms with Crippen molar-refractivity contribution in [1.29, 1.82) is 0 Å². The Morgan fingerprint density at radius 3 is 2.13 bits per heavy atom. The largest absolute Gasteiger partial charge is 0.333 e. The number of carbonyl (C=O) groups excluding carboxylic acids is 1. The molecule has 6 rings (SSSR count). The van der Waals surface area contributed by atoms with Crippen molar-refractivity contribution in [1.82, 2.24) is 4.90 Å². The highest BCUT2D eigenvalue weighted by atomic mass is 35.5. The van der Waals surface area contributed by atoms with Gasteiger partial charge < -0.3 is 4.90 Å². The molecule has 170 valence electrons. The van der Waals surface area contributed by atoms with E-state index in [0.29, 0.717) is 5.92 Å². The summed E-state index contributed by atoms with van der Waals surface area (Å²) in [5, 5.41) is 1.15. The van der Waals surface area contributed by atoms with Gasteiger partial charge in [-0.3, -0.25) is 14.7 Å². The average molecular weight is 462 g/mol.